The number of benzene rings is 1. The van der Waals surface area contributed by atoms with Crippen LogP contribution in [0.5, 0.6) is 0 Å². The third kappa shape index (κ3) is 8.43. The van der Waals surface area contributed by atoms with Crippen LogP contribution in [0.1, 0.15) is 145 Å². The molecule has 0 spiro atoms. The Labute approximate surface area is 232 Å². The van der Waals surface area contributed by atoms with Crippen LogP contribution in [0.4, 0.5) is 4.39 Å². The molecule has 1 aromatic carbocycles. The molecule has 3 aliphatic carbocycles. The quantitative estimate of drug-likeness (QED) is 0.214. The standard InChI is InChI=1S/C35H54FNO/c1-3-5-6-8-26-12-16-30(17-13-26)32-22-23-33(34(36)25-32)31-20-18-29(19-21-31)28-14-10-27(11-15-28)9-7-24-37-35(38)4-2/h4,22-23,25-31H,2-3,5-21,24H2,1H3,(H,37,38). The third-order valence-corrected chi connectivity index (χ3v) is 10.6. The predicted octanol–water partition coefficient (Wildman–Crippen LogP) is 9.84. The molecule has 1 aromatic rings. The van der Waals surface area contributed by atoms with E-state index in [9.17, 15) is 4.79 Å². The molecule has 4 rings (SSSR count). The van der Waals surface area contributed by atoms with Crippen LogP contribution in [0.3, 0.4) is 0 Å². The van der Waals surface area contributed by atoms with E-state index in [-0.39, 0.29) is 11.7 Å². The van der Waals surface area contributed by atoms with E-state index in [0.717, 1.165) is 55.0 Å². The minimum Gasteiger partial charge on any atom is -0.353 e. The number of nitrogens with one attached hydrogen (secondary N) is 1. The average molecular weight is 524 g/mol. The van der Waals surface area contributed by atoms with Gasteiger partial charge >= 0.3 is 0 Å². The Kier molecular flexibility index (Phi) is 11.8. The molecule has 1 N–H and O–H groups in total. The van der Waals surface area contributed by atoms with E-state index in [4.69, 9.17) is 0 Å². The van der Waals surface area contributed by atoms with Gasteiger partial charge in [-0.2, -0.15) is 0 Å². The minimum atomic E-state index is -0.0597. The molecular weight excluding hydrogens is 469 g/mol. The highest BCUT2D eigenvalue weighted by molar-refractivity contribution is 5.86. The number of amides is 1. The molecular formula is C35H54FNO. The van der Waals surface area contributed by atoms with E-state index in [1.54, 1.807) is 0 Å². The lowest BCUT2D eigenvalue weighted by molar-refractivity contribution is -0.116. The fourth-order valence-electron chi connectivity index (χ4n) is 8.12. The lowest BCUT2D eigenvalue weighted by atomic mass is 9.68. The van der Waals surface area contributed by atoms with Crippen molar-refractivity contribution in [2.24, 2.45) is 23.7 Å². The third-order valence-electron chi connectivity index (χ3n) is 10.6. The van der Waals surface area contributed by atoms with Crippen LogP contribution in [0.15, 0.2) is 30.9 Å². The molecule has 3 aliphatic rings. The van der Waals surface area contributed by atoms with Gasteiger partial charge in [-0.3, -0.25) is 4.79 Å². The molecule has 0 aliphatic heterocycles. The van der Waals surface area contributed by atoms with Crippen LogP contribution in [0.25, 0.3) is 0 Å². The van der Waals surface area contributed by atoms with Crippen molar-refractivity contribution in [3.63, 3.8) is 0 Å². The van der Waals surface area contributed by atoms with Crippen molar-refractivity contribution in [1.29, 1.82) is 0 Å². The van der Waals surface area contributed by atoms with Crippen LogP contribution >= 0.6 is 0 Å². The van der Waals surface area contributed by atoms with Gasteiger partial charge in [0.25, 0.3) is 0 Å². The van der Waals surface area contributed by atoms with Crippen molar-refractivity contribution in [2.75, 3.05) is 6.54 Å². The first-order valence-corrected chi connectivity index (χ1v) is 16.3. The monoisotopic (exact) mass is 523 g/mol. The topological polar surface area (TPSA) is 29.1 Å². The molecule has 38 heavy (non-hydrogen) atoms. The Balaban J connectivity index is 1.17. The van der Waals surface area contributed by atoms with E-state index in [1.165, 1.54) is 108 Å². The number of unbranched alkanes of at least 4 members (excludes halogenated alkanes) is 2. The summed E-state index contributed by atoms with van der Waals surface area (Å²) in [5, 5.41) is 2.90. The maximum Gasteiger partial charge on any atom is 0.243 e. The number of hydrogen-bond donors (Lipinski definition) is 1. The summed E-state index contributed by atoms with van der Waals surface area (Å²) in [6.45, 7) is 6.56. The van der Waals surface area contributed by atoms with Crippen molar-refractivity contribution in [3.05, 3.63) is 47.8 Å². The fourth-order valence-corrected chi connectivity index (χ4v) is 8.12. The molecule has 0 saturated heterocycles. The zero-order valence-corrected chi connectivity index (χ0v) is 24.2. The van der Waals surface area contributed by atoms with Crippen LogP contribution < -0.4 is 5.32 Å². The average Bonchev–Trinajstić information content (AvgIpc) is 2.96. The Bertz CT molecular complexity index is 857. The maximum absolute atomic E-state index is 15.3. The van der Waals surface area contributed by atoms with Crippen molar-refractivity contribution >= 4 is 5.91 Å². The fraction of sp³-hybridized carbons (Fsp3) is 0.743. The molecule has 0 aromatic heterocycles. The van der Waals surface area contributed by atoms with Gasteiger partial charge in [0.05, 0.1) is 0 Å². The lowest BCUT2D eigenvalue weighted by Gasteiger charge is -2.38. The molecule has 0 bridgehead atoms. The second kappa shape index (κ2) is 15.2. The Morgan fingerprint density at radius 1 is 0.842 bits per heavy atom. The first kappa shape index (κ1) is 29.3. The molecule has 0 atom stereocenters. The van der Waals surface area contributed by atoms with E-state index < -0.39 is 0 Å². The molecule has 0 heterocycles. The number of carbonyl (C=O) groups is 1. The minimum absolute atomic E-state index is 0.0597. The second-order valence-corrected chi connectivity index (χ2v) is 13.0. The number of carbonyl (C=O) groups excluding carboxylic acids is 1. The van der Waals surface area contributed by atoms with E-state index in [2.05, 4.69) is 31.0 Å². The van der Waals surface area contributed by atoms with Gasteiger partial charge < -0.3 is 5.32 Å². The SMILES string of the molecule is C=CC(=O)NCCCC1CCC(C2CCC(c3ccc(C4CCC(CCCCC)CC4)cc3F)CC2)CC1. The first-order valence-electron chi connectivity index (χ1n) is 16.3. The molecule has 1 amide bonds. The van der Waals surface area contributed by atoms with Gasteiger partial charge in [0.15, 0.2) is 0 Å². The predicted molar refractivity (Wildman–Crippen MR) is 158 cm³/mol. The van der Waals surface area contributed by atoms with Gasteiger partial charge in [-0.15, -0.1) is 0 Å². The number of halogens is 1. The summed E-state index contributed by atoms with van der Waals surface area (Å²) in [6.07, 6.45) is 24.6. The second-order valence-electron chi connectivity index (χ2n) is 13.0. The molecule has 2 nitrogen and oxygen atoms in total. The first-order chi connectivity index (χ1) is 18.6. The van der Waals surface area contributed by atoms with E-state index >= 15 is 4.39 Å². The molecule has 3 fully saturated rings. The van der Waals surface area contributed by atoms with Crippen LogP contribution in [0.2, 0.25) is 0 Å². The maximum atomic E-state index is 15.3. The lowest BCUT2D eigenvalue weighted by Crippen LogP contribution is -2.26. The molecule has 212 valence electrons. The normalized spacial score (nSPS) is 30.1. The van der Waals surface area contributed by atoms with E-state index in [1.807, 2.05) is 6.07 Å². The van der Waals surface area contributed by atoms with Gasteiger partial charge in [-0.1, -0.05) is 64.2 Å². The zero-order valence-electron chi connectivity index (χ0n) is 24.2. The number of rotatable bonds is 12. The summed E-state index contributed by atoms with van der Waals surface area (Å²) in [7, 11) is 0. The molecule has 0 radical (unpaired) electrons. The zero-order chi connectivity index (χ0) is 26.7. The van der Waals surface area contributed by atoms with Gasteiger partial charge in [0.1, 0.15) is 5.82 Å². The Morgan fingerprint density at radius 3 is 2.03 bits per heavy atom. The van der Waals surface area contributed by atoms with Crippen LogP contribution in [-0.2, 0) is 4.79 Å². The molecule has 3 heteroatoms. The summed E-state index contributed by atoms with van der Waals surface area (Å²) >= 11 is 0. The van der Waals surface area contributed by atoms with Crippen LogP contribution in [-0.4, -0.2) is 12.5 Å². The summed E-state index contributed by atoms with van der Waals surface area (Å²) < 4.78 is 15.3. The van der Waals surface area contributed by atoms with Gasteiger partial charge in [0.2, 0.25) is 5.91 Å². The largest absolute Gasteiger partial charge is 0.353 e. The highest BCUT2D eigenvalue weighted by Gasteiger charge is 2.32. The van der Waals surface area contributed by atoms with E-state index in [0.29, 0.717) is 11.8 Å². The summed E-state index contributed by atoms with van der Waals surface area (Å²) in [6, 6.07) is 6.34. The molecule has 3 saturated carbocycles. The Hall–Kier alpha value is -1.64. The van der Waals surface area contributed by atoms with Crippen molar-refractivity contribution in [2.45, 2.75) is 134 Å². The smallest absolute Gasteiger partial charge is 0.243 e. The number of hydrogen-bond acceptors (Lipinski definition) is 1. The summed E-state index contributed by atoms with van der Waals surface area (Å²) in [5.41, 5.74) is 2.25. The summed E-state index contributed by atoms with van der Waals surface area (Å²) in [4.78, 5) is 11.3. The van der Waals surface area contributed by atoms with Gasteiger partial charge in [0, 0.05) is 6.54 Å². The van der Waals surface area contributed by atoms with Gasteiger partial charge in [-0.05, 0) is 136 Å². The van der Waals surface area contributed by atoms with Crippen molar-refractivity contribution < 1.29 is 9.18 Å². The highest BCUT2D eigenvalue weighted by Crippen LogP contribution is 2.45. The highest BCUT2D eigenvalue weighted by atomic mass is 19.1. The molecule has 0 unspecified atom stereocenters. The Morgan fingerprint density at radius 2 is 1.42 bits per heavy atom. The van der Waals surface area contributed by atoms with Crippen LogP contribution in [0, 0.1) is 29.5 Å². The van der Waals surface area contributed by atoms with Crippen molar-refractivity contribution in [1.82, 2.24) is 5.32 Å². The summed E-state index contributed by atoms with van der Waals surface area (Å²) in [5.74, 6) is 4.44. The van der Waals surface area contributed by atoms with Gasteiger partial charge in [-0.25, -0.2) is 4.39 Å². The van der Waals surface area contributed by atoms with Crippen molar-refractivity contribution in [3.8, 4) is 0 Å².